The van der Waals surface area contributed by atoms with Crippen molar-refractivity contribution in [3.05, 3.63) is 0 Å². The van der Waals surface area contributed by atoms with Gasteiger partial charge in [-0.1, -0.05) is 13.8 Å². The largest absolute Gasteiger partial charge is 0.327 e. The van der Waals surface area contributed by atoms with E-state index in [0.717, 1.165) is 18.5 Å². The molecule has 1 atom stereocenters. The van der Waals surface area contributed by atoms with Gasteiger partial charge in [0.2, 0.25) is 0 Å². The van der Waals surface area contributed by atoms with Gasteiger partial charge in [0.15, 0.2) is 0 Å². The molecule has 0 bridgehead atoms. The van der Waals surface area contributed by atoms with Crippen molar-refractivity contribution in [1.82, 2.24) is 4.90 Å². The Bertz CT molecular complexity index is 118. The molecular weight excluding hydrogens is 148 g/mol. The molecule has 0 aromatic carbocycles. The Hall–Kier alpha value is -0.0800. The lowest BCUT2D eigenvalue weighted by molar-refractivity contribution is 0.224. The van der Waals surface area contributed by atoms with Crippen LogP contribution in [0.15, 0.2) is 0 Å². The average molecular weight is 170 g/mol. The molecule has 0 aromatic heterocycles. The second-order valence-corrected chi connectivity index (χ2v) is 4.56. The smallest absolute Gasteiger partial charge is 0.0139 e. The zero-order chi connectivity index (χ0) is 9.14. The van der Waals surface area contributed by atoms with Crippen molar-refractivity contribution in [1.29, 1.82) is 0 Å². The van der Waals surface area contributed by atoms with Crippen LogP contribution in [0.4, 0.5) is 0 Å². The molecule has 2 heteroatoms. The van der Waals surface area contributed by atoms with Gasteiger partial charge in [0.05, 0.1) is 0 Å². The summed E-state index contributed by atoms with van der Waals surface area (Å²) in [6.45, 7) is 8.93. The van der Waals surface area contributed by atoms with Gasteiger partial charge in [-0.25, -0.2) is 0 Å². The minimum Gasteiger partial charge on any atom is -0.327 e. The summed E-state index contributed by atoms with van der Waals surface area (Å²) in [5.41, 5.74) is 5.79. The van der Waals surface area contributed by atoms with Gasteiger partial charge in [-0.3, -0.25) is 4.90 Å². The predicted molar refractivity (Wildman–Crippen MR) is 53.1 cm³/mol. The van der Waals surface area contributed by atoms with E-state index in [0.29, 0.717) is 6.04 Å². The highest BCUT2D eigenvalue weighted by Crippen LogP contribution is 2.27. The number of rotatable bonds is 5. The van der Waals surface area contributed by atoms with E-state index in [4.69, 9.17) is 5.73 Å². The van der Waals surface area contributed by atoms with Crippen molar-refractivity contribution in [2.75, 3.05) is 13.1 Å². The summed E-state index contributed by atoms with van der Waals surface area (Å²) in [7, 11) is 0. The van der Waals surface area contributed by atoms with E-state index in [1.807, 2.05) is 0 Å². The highest BCUT2D eigenvalue weighted by atomic mass is 15.2. The Balaban J connectivity index is 2.27. The molecule has 0 unspecified atom stereocenters. The van der Waals surface area contributed by atoms with Gasteiger partial charge in [-0.15, -0.1) is 0 Å². The van der Waals surface area contributed by atoms with Crippen molar-refractivity contribution in [2.24, 2.45) is 11.7 Å². The third-order valence-corrected chi connectivity index (χ3v) is 2.19. The quantitative estimate of drug-likeness (QED) is 0.676. The fourth-order valence-electron chi connectivity index (χ4n) is 1.65. The minimum atomic E-state index is 0.323. The summed E-state index contributed by atoms with van der Waals surface area (Å²) in [6.07, 6.45) is 2.78. The molecule has 0 aromatic rings. The zero-order valence-corrected chi connectivity index (χ0v) is 8.59. The summed E-state index contributed by atoms with van der Waals surface area (Å²) in [6, 6.07) is 1.18. The first-order valence-electron chi connectivity index (χ1n) is 5.09. The Labute approximate surface area is 76.1 Å². The maximum absolute atomic E-state index is 5.79. The highest BCUT2D eigenvalue weighted by molar-refractivity contribution is 4.86. The van der Waals surface area contributed by atoms with Crippen molar-refractivity contribution in [3.63, 3.8) is 0 Å². The molecule has 2 N–H and O–H groups in total. The molecule has 0 saturated heterocycles. The lowest BCUT2D eigenvalue weighted by Gasteiger charge is -2.25. The SMILES string of the molecule is CC(C)CN(C[C@H](C)N)C1CC1. The van der Waals surface area contributed by atoms with Crippen LogP contribution in [-0.4, -0.2) is 30.1 Å². The summed E-state index contributed by atoms with van der Waals surface area (Å²) < 4.78 is 0. The predicted octanol–water partition coefficient (Wildman–Crippen LogP) is 1.45. The van der Waals surface area contributed by atoms with E-state index in [2.05, 4.69) is 25.7 Å². The maximum atomic E-state index is 5.79. The molecule has 0 radical (unpaired) electrons. The zero-order valence-electron chi connectivity index (χ0n) is 8.59. The van der Waals surface area contributed by atoms with Gasteiger partial charge in [0.25, 0.3) is 0 Å². The minimum absolute atomic E-state index is 0.323. The number of nitrogens with two attached hydrogens (primary N) is 1. The summed E-state index contributed by atoms with van der Waals surface area (Å²) in [5.74, 6) is 0.768. The third kappa shape index (κ3) is 3.55. The lowest BCUT2D eigenvalue weighted by Crippen LogP contribution is -2.39. The molecule has 72 valence electrons. The first-order chi connectivity index (χ1) is 5.59. The van der Waals surface area contributed by atoms with Crippen LogP contribution < -0.4 is 5.73 Å². The molecule has 0 aliphatic heterocycles. The van der Waals surface area contributed by atoms with Gasteiger partial charge >= 0.3 is 0 Å². The van der Waals surface area contributed by atoms with Crippen molar-refractivity contribution in [3.8, 4) is 0 Å². The monoisotopic (exact) mass is 170 g/mol. The molecule has 2 nitrogen and oxygen atoms in total. The van der Waals surface area contributed by atoms with Gasteiger partial charge in [-0.2, -0.15) is 0 Å². The Kier molecular flexibility index (Phi) is 3.53. The van der Waals surface area contributed by atoms with E-state index in [9.17, 15) is 0 Å². The fourth-order valence-corrected chi connectivity index (χ4v) is 1.65. The molecular formula is C10H22N2. The number of nitrogens with zero attached hydrogens (tertiary/aromatic N) is 1. The van der Waals surface area contributed by atoms with Crippen LogP contribution in [0.1, 0.15) is 33.6 Å². The number of hydrogen-bond acceptors (Lipinski definition) is 2. The van der Waals surface area contributed by atoms with Crippen LogP contribution in [-0.2, 0) is 0 Å². The average Bonchev–Trinajstić information content (AvgIpc) is 2.63. The molecule has 12 heavy (non-hydrogen) atoms. The van der Waals surface area contributed by atoms with Gasteiger partial charge < -0.3 is 5.73 Å². The Morgan fingerprint density at radius 3 is 2.17 bits per heavy atom. The van der Waals surface area contributed by atoms with Gasteiger partial charge in [-0.05, 0) is 25.7 Å². The Morgan fingerprint density at radius 1 is 1.25 bits per heavy atom. The van der Waals surface area contributed by atoms with E-state index >= 15 is 0 Å². The van der Waals surface area contributed by atoms with Crippen LogP contribution >= 0.6 is 0 Å². The summed E-state index contributed by atoms with van der Waals surface area (Å²) in [5, 5.41) is 0. The molecule has 0 spiro atoms. The van der Waals surface area contributed by atoms with Crippen LogP contribution in [0.5, 0.6) is 0 Å². The standard InChI is InChI=1S/C10H22N2/c1-8(2)6-12(7-9(3)11)10-4-5-10/h8-10H,4-7,11H2,1-3H3/t9-/m0/s1. The van der Waals surface area contributed by atoms with E-state index in [-0.39, 0.29) is 0 Å². The topological polar surface area (TPSA) is 29.3 Å². The highest BCUT2D eigenvalue weighted by Gasteiger charge is 2.29. The molecule has 0 amide bonds. The lowest BCUT2D eigenvalue weighted by atomic mass is 10.2. The molecule has 0 heterocycles. The molecule has 1 aliphatic rings. The summed E-state index contributed by atoms with van der Waals surface area (Å²) in [4.78, 5) is 2.55. The fraction of sp³-hybridized carbons (Fsp3) is 1.00. The van der Waals surface area contributed by atoms with Crippen molar-refractivity contribution >= 4 is 0 Å². The maximum Gasteiger partial charge on any atom is 0.0139 e. The van der Waals surface area contributed by atoms with Crippen LogP contribution in [0.3, 0.4) is 0 Å². The normalized spacial score (nSPS) is 20.5. The van der Waals surface area contributed by atoms with E-state index in [1.54, 1.807) is 0 Å². The first kappa shape index (κ1) is 10.0. The third-order valence-electron chi connectivity index (χ3n) is 2.19. The molecule has 1 fully saturated rings. The van der Waals surface area contributed by atoms with Gasteiger partial charge in [0, 0.05) is 25.2 Å². The van der Waals surface area contributed by atoms with E-state index < -0.39 is 0 Å². The van der Waals surface area contributed by atoms with Gasteiger partial charge in [0.1, 0.15) is 0 Å². The van der Waals surface area contributed by atoms with Crippen molar-refractivity contribution < 1.29 is 0 Å². The van der Waals surface area contributed by atoms with Crippen LogP contribution in [0, 0.1) is 5.92 Å². The molecule has 1 saturated carbocycles. The van der Waals surface area contributed by atoms with E-state index in [1.165, 1.54) is 19.4 Å². The summed E-state index contributed by atoms with van der Waals surface area (Å²) >= 11 is 0. The van der Waals surface area contributed by atoms with Crippen molar-refractivity contribution in [2.45, 2.75) is 45.7 Å². The van der Waals surface area contributed by atoms with Crippen LogP contribution in [0.2, 0.25) is 0 Å². The first-order valence-corrected chi connectivity index (χ1v) is 5.09. The molecule has 1 rings (SSSR count). The molecule has 1 aliphatic carbocycles. The van der Waals surface area contributed by atoms with Crippen LogP contribution in [0.25, 0.3) is 0 Å². The number of hydrogen-bond donors (Lipinski definition) is 1. The second kappa shape index (κ2) is 4.24. The second-order valence-electron chi connectivity index (χ2n) is 4.56. The Morgan fingerprint density at radius 2 is 1.83 bits per heavy atom.